The van der Waals surface area contributed by atoms with E-state index >= 15 is 0 Å². The second kappa shape index (κ2) is 7.08. The van der Waals surface area contributed by atoms with Crippen molar-refractivity contribution in [1.82, 2.24) is 0 Å². The average molecular weight is 390 g/mol. The van der Waals surface area contributed by atoms with E-state index in [-0.39, 0.29) is 16.8 Å². The molecule has 0 fully saturated rings. The predicted octanol–water partition coefficient (Wildman–Crippen LogP) is 4.20. The van der Waals surface area contributed by atoms with Gasteiger partial charge in [-0.2, -0.15) is 0 Å². The summed E-state index contributed by atoms with van der Waals surface area (Å²) in [5.41, 5.74) is 0.893. The van der Waals surface area contributed by atoms with Crippen LogP contribution >= 0.6 is 0 Å². The number of imide groups is 1. The van der Waals surface area contributed by atoms with Crippen molar-refractivity contribution in [3.8, 4) is 17.2 Å². The highest BCUT2D eigenvalue weighted by molar-refractivity contribution is 6.34. The van der Waals surface area contributed by atoms with Crippen molar-refractivity contribution in [2.45, 2.75) is 0 Å². The molecular formula is C21H14N2O6. The van der Waals surface area contributed by atoms with E-state index in [2.05, 4.69) is 0 Å². The standard InChI is InChI=1S/C21H14N2O6/c1-28-15-6-2-13(3-7-15)22-20(24)18-11-10-17(12-19(18)21(22)25)29-16-8-4-14(5-9-16)23(26)27/h2-12H,1H3. The minimum atomic E-state index is -0.503. The lowest BCUT2D eigenvalue weighted by molar-refractivity contribution is -0.384. The maximum absolute atomic E-state index is 12.8. The molecule has 0 aromatic heterocycles. The second-order valence-corrected chi connectivity index (χ2v) is 6.20. The number of amides is 2. The maximum Gasteiger partial charge on any atom is 0.269 e. The van der Waals surface area contributed by atoms with Gasteiger partial charge < -0.3 is 9.47 Å². The number of fused-ring (bicyclic) bond motifs is 1. The van der Waals surface area contributed by atoms with Crippen LogP contribution in [0.2, 0.25) is 0 Å². The van der Waals surface area contributed by atoms with Gasteiger partial charge in [-0.05, 0) is 54.6 Å². The molecule has 0 unspecified atom stereocenters. The van der Waals surface area contributed by atoms with Crippen LogP contribution in [0.1, 0.15) is 20.7 Å². The van der Waals surface area contributed by atoms with Crippen LogP contribution in [0.3, 0.4) is 0 Å². The number of nitro groups is 1. The molecule has 1 aliphatic heterocycles. The number of anilines is 1. The zero-order valence-corrected chi connectivity index (χ0v) is 15.2. The van der Waals surface area contributed by atoms with Gasteiger partial charge in [-0.1, -0.05) is 0 Å². The first-order chi connectivity index (χ1) is 14.0. The van der Waals surface area contributed by atoms with E-state index in [4.69, 9.17) is 9.47 Å². The highest BCUT2D eigenvalue weighted by Crippen LogP contribution is 2.33. The molecule has 1 aliphatic rings. The van der Waals surface area contributed by atoms with E-state index in [1.54, 1.807) is 30.3 Å². The van der Waals surface area contributed by atoms with E-state index in [0.717, 1.165) is 4.90 Å². The van der Waals surface area contributed by atoms with Crippen molar-refractivity contribution >= 4 is 23.2 Å². The molecule has 4 rings (SSSR count). The van der Waals surface area contributed by atoms with Gasteiger partial charge in [0.1, 0.15) is 17.2 Å². The number of rotatable bonds is 5. The Hall–Kier alpha value is -4.20. The maximum atomic E-state index is 12.8. The minimum Gasteiger partial charge on any atom is -0.497 e. The van der Waals surface area contributed by atoms with Gasteiger partial charge >= 0.3 is 0 Å². The molecule has 8 heteroatoms. The summed E-state index contributed by atoms with van der Waals surface area (Å²) in [6.45, 7) is 0. The van der Waals surface area contributed by atoms with Crippen LogP contribution in [0.25, 0.3) is 0 Å². The summed E-state index contributed by atoms with van der Waals surface area (Å²) < 4.78 is 10.8. The molecule has 1 heterocycles. The third-order valence-electron chi connectivity index (χ3n) is 4.47. The van der Waals surface area contributed by atoms with Crippen LogP contribution in [0.4, 0.5) is 11.4 Å². The number of hydrogen-bond donors (Lipinski definition) is 0. The molecule has 3 aromatic rings. The Morgan fingerprint density at radius 1 is 0.793 bits per heavy atom. The molecule has 2 amide bonds. The summed E-state index contributed by atoms with van der Waals surface area (Å²) in [4.78, 5) is 36.9. The summed E-state index contributed by atoms with van der Waals surface area (Å²) in [5.74, 6) is 0.458. The molecule has 0 radical (unpaired) electrons. The van der Waals surface area contributed by atoms with Gasteiger partial charge in [0, 0.05) is 12.1 Å². The van der Waals surface area contributed by atoms with Gasteiger partial charge in [0.15, 0.2) is 0 Å². The zero-order valence-electron chi connectivity index (χ0n) is 15.2. The molecular weight excluding hydrogens is 376 g/mol. The number of non-ortho nitro benzene ring substituents is 1. The van der Waals surface area contributed by atoms with Crippen molar-refractivity contribution in [1.29, 1.82) is 0 Å². The third kappa shape index (κ3) is 3.27. The van der Waals surface area contributed by atoms with E-state index in [1.807, 2.05) is 0 Å². The van der Waals surface area contributed by atoms with Gasteiger partial charge in [0.2, 0.25) is 0 Å². The molecule has 8 nitrogen and oxygen atoms in total. The molecule has 0 aliphatic carbocycles. The fourth-order valence-electron chi connectivity index (χ4n) is 3.02. The predicted molar refractivity (Wildman–Crippen MR) is 104 cm³/mol. The van der Waals surface area contributed by atoms with Crippen LogP contribution in [0, 0.1) is 10.1 Å². The van der Waals surface area contributed by atoms with Crippen molar-refractivity contribution in [2.75, 3.05) is 12.0 Å². The second-order valence-electron chi connectivity index (χ2n) is 6.20. The van der Waals surface area contributed by atoms with Crippen molar-refractivity contribution in [3.63, 3.8) is 0 Å². The van der Waals surface area contributed by atoms with Gasteiger partial charge in [0.05, 0.1) is 28.8 Å². The first-order valence-corrected chi connectivity index (χ1v) is 8.57. The third-order valence-corrected chi connectivity index (χ3v) is 4.47. The van der Waals surface area contributed by atoms with E-state index in [1.165, 1.54) is 43.5 Å². The summed E-state index contributed by atoms with van der Waals surface area (Å²) in [5, 5.41) is 10.7. The smallest absolute Gasteiger partial charge is 0.269 e. The number of nitrogens with zero attached hydrogens (tertiary/aromatic N) is 2. The number of ether oxygens (including phenoxy) is 2. The molecule has 0 saturated heterocycles. The van der Waals surface area contributed by atoms with Crippen LogP contribution in [-0.2, 0) is 0 Å². The van der Waals surface area contributed by atoms with Crippen LogP contribution in [0.5, 0.6) is 17.2 Å². The Balaban J connectivity index is 1.60. The van der Waals surface area contributed by atoms with Crippen molar-refractivity contribution < 1.29 is 24.0 Å². The minimum absolute atomic E-state index is 0.0535. The first-order valence-electron chi connectivity index (χ1n) is 8.57. The Morgan fingerprint density at radius 3 is 2.00 bits per heavy atom. The topological polar surface area (TPSA) is 99.0 Å². The summed E-state index contributed by atoms with van der Waals surface area (Å²) in [6.07, 6.45) is 0. The number of benzene rings is 3. The highest BCUT2D eigenvalue weighted by atomic mass is 16.6. The molecule has 3 aromatic carbocycles. The Labute approximate surface area is 165 Å². The number of hydrogen-bond acceptors (Lipinski definition) is 6. The highest BCUT2D eigenvalue weighted by Gasteiger charge is 2.37. The fourth-order valence-corrected chi connectivity index (χ4v) is 3.02. The van der Waals surface area contributed by atoms with Gasteiger partial charge in [-0.25, -0.2) is 4.90 Å². The van der Waals surface area contributed by atoms with Gasteiger partial charge in [0.25, 0.3) is 17.5 Å². The average Bonchev–Trinajstić information content (AvgIpc) is 2.98. The molecule has 0 saturated carbocycles. The molecule has 29 heavy (non-hydrogen) atoms. The molecule has 0 atom stereocenters. The monoisotopic (exact) mass is 390 g/mol. The van der Waals surface area contributed by atoms with E-state index in [9.17, 15) is 19.7 Å². The van der Waals surface area contributed by atoms with Crippen LogP contribution < -0.4 is 14.4 Å². The molecule has 0 bridgehead atoms. The number of nitro benzene ring substituents is 1. The fraction of sp³-hybridized carbons (Fsp3) is 0.0476. The SMILES string of the molecule is COc1ccc(N2C(=O)c3ccc(Oc4ccc([N+](=O)[O-])cc4)cc3C2=O)cc1. The van der Waals surface area contributed by atoms with Gasteiger partial charge in [-0.15, -0.1) is 0 Å². The number of methoxy groups -OCH3 is 1. The lowest BCUT2D eigenvalue weighted by atomic mass is 10.1. The van der Waals surface area contributed by atoms with Crippen molar-refractivity contribution in [3.05, 3.63) is 88.0 Å². The first kappa shape index (κ1) is 18.2. The van der Waals surface area contributed by atoms with E-state index < -0.39 is 16.7 Å². The largest absolute Gasteiger partial charge is 0.497 e. The summed E-state index contributed by atoms with van der Waals surface area (Å²) >= 11 is 0. The number of carbonyl (C=O) groups is 2. The Morgan fingerprint density at radius 2 is 1.38 bits per heavy atom. The Bertz CT molecular complexity index is 1120. The molecule has 0 N–H and O–H groups in total. The van der Waals surface area contributed by atoms with Crippen LogP contribution in [-0.4, -0.2) is 23.8 Å². The lowest BCUT2D eigenvalue weighted by Crippen LogP contribution is -2.29. The summed E-state index contributed by atoms with van der Waals surface area (Å²) in [6, 6.07) is 16.8. The molecule has 0 spiro atoms. The summed E-state index contributed by atoms with van der Waals surface area (Å²) in [7, 11) is 1.53. The lowest BCUT2D eigenvalue weighted by Gasteiger charge is -2.14. The zero-order chi connectivity index (χ0) is 20.5. The quantitative estimate of drug-likeness (QED) is 0.368. The number of carbonyl (C=O) groups excluding carboxylic acids is 2. The van der Waals surface area contributed by atoms with E-state index in [0.29, 0.717) is 22.9 Å². The molecule has 144 valence electrons. The van der Waals surface area contributed by atoms with Crippen LogP contribution in [0.15, 0.2) is 66.7 Å². The van der Waals surface area contributed by atoms with Gasteiger partial charge in [-0.3, -0.25) is 19.7 Å². The normalized spacial score (nSPS) is 12.7. The van der Waals surface area contributed by atoms with Crippen molar-refractivity contribution in [2.24, 2.45) is 0 Å². The Kier molecular flexibility index (Phi) is 4.44.